The molecule has 0 atom stereocenters. The highest BCUT2D eigenvalue weighted by molar-refractivity contribution is 5.87. The molecule has 3 rings (SSSR count). The van der Waals surface area contributed by atoms with Gasteiger partial charge in [-0.15, -0.1) is 0 Å². The van der Waals surface area contributed by atoms with Crippen LogP contribution in [0, 0.1) is 6.92 Å². The molecule has 0 saturated heterocycles. The van der Waals surface area contributed by atoms with E-state index in [0.29, 0.717) is 6.54 Å². The van der Waals surface area contributed by atoms with Gasteiger partial charge in [0.1, 0.15) is 0 Å². The number of hydrogen-bond acceptors (Lipinski definition) is 3. The molecule has 0 saturated carbocycles. The number of carboxylic acid groups (broad SMARTS) is 1. The van der Waals surface area contributed by atoms with E-state index < -0.39 is 5.97 Å². The van der Waals surface area contributed by atoms with Crippen LogP contribution >= 0.6 is 0 Å². The molecule has 5 heteroatoms. The van der Waals surface area contributed by atoms with Crippen LogP contribution < -0.4 is 4.90 Å². The number of benzene rings is 1. The first-order valence-electron chi connectivity index (χ1n) is 6.66. The quantitative estimate of drug-likeness (QED) is 0.907. The highest BCUT2D eigenvalue weighted by atomic mass is 16.4. The van der Waals surface area contributed by atoms with Gasteiger partial charge in [0.05, 0.1) is 0 Å². The fourth-order valence-corrected chi connectivity index (χ4v) is 2.74. The summed E-state index contributed by atoms with van der Waals surface area (Å²) in [6.45, 7) is 3.55. The van der Waals surface area contributed by atoms with Crippen molar-refractivity contribution in [3.8, 4) is 0 Å². The second-order valence-corrected chi connectivity index (χ2v) is 5.21. The third kappa shape index (κ3) is 2.05. The summed E-state index contributed by atoms with van der Waals surface area (Å²) in [6, 6.07) is 8.31. The van der Waals surface area contributed by atoms with Gasteiger partial charge in [0.25, 0.3) is 0 Å². The van der Waals surface area contributed by atoms with E-state index in [-0.39, 0.29) is 5.69 Å². The Morgan fingerprint density at radius 1 is 1.30 bits per heavy atom. The van der Waals surface area contributed by atoms with Crippen LogP contribution in [0.3, 0.4) is 0 Å². The van der Waals surface area contributed by atoms with Gasteiger partial charge in [0, 0.05) is 43.5 Å². The van der Waals surface area contributed by atoms with Crippen molar-refractivity contribution in [3.05, 3.63) is 46.8 Å². The Hall–Kier alpha value is -2.30. The second-order valence-electron chi connectivity index (χ2n) is 5.21. The van der Waals surface area contributed by atoms with Gasteiger partial charge in [-0.1, -0.05) is 17.7 Å². The molecule has 0 spiro atoms. The molecule has 1 aliphatic heterocycles. The summed E-state index contributed by atoms with van der Waals surface area (Å²) in [5.74, 6) is -0.951. The molecular weight excluding hydrogens is 254 g/mol. The molecule has 2 heterocycles. The van der Waals surface area contributed by atoms with Gasteiger partial charge < -0.3 is 10.0 Å². The summed E-state index contributed by atoms with van der Waals surface area (Å²) in [5, 5.41) is 13.4. The number of aromatic nitrogens is 2. The van der Waals surface area contributed by atoms with Crippen molar-refractivity contribution in [2.24, 2.45) is 7.05 Å². The fraction of sp³-hybridized carbons (Fsp3) is 0.333. The van der Waals surface area contributed by atoms with Crippen molar-refractivity contribution in [1.82, 2.24) is 9.78 Å². The molecule has 104 valence electrons. The SMILES string of the molecule is Cc1ccc(N2CCc3c(c(C(=O)O)nn3C)C2)cc1. The van der Waals surface area contributed by atoms with E-state index in [2.05, 4.69) is 41.2 Å². The Labute approximate surface area is 117 Å². The van der Waals surface area contributed by atoms with E-state index in [9.17, 15) is 9.90 Å². The van der Waals surface area contributed by atoms with Crippen LogP contribution in [-0.4, -0.2) is 27.4 Å². The largest absolute Gasteiger partial charge is 0.476 e. The van der Waals surface area contributed by atoms with Crippen LogP contribution in [0.15, 0.2) is 24.3 Å². The van der Waals surface area contributed by atoms with Crippen LogP contribution in [0.4, 0.5) is 5.69 Å². The Balaban J connectivity index is 1.95. The van der Waals surface area contributed by atoms with Gasteiger partial charge in [-0.3, -0.25) is 4.68 Å². The molecule has 0 aliphatic carbocycles. The van der Waals surface area contributed by atoms with Gasteiger partial charge in [-0.05, 0) is 19.1 Å². The molecular formula is C15H17N3O2. The first-order chi connectivity index (χ1) is 9.56. The van der Waals surface area contributed by atoms with Crippen LogP contribution in [0.2, 0.25) is 0 Å². The molecule has 1 N–H and O–H groups in total. The number of aromatic carboxylic acids is 1. The van der Waals surface area contributed by atoms with E-state index in [0.717, 1.165) is 29.9 Å². The maximum atomic E-state index is 11.3. The lowest BCUT2D eigenvalue weighted by Gasteiger charge is -2.29. The van der Waals surface area contributed by atoms with Gasteiger partial charge in [-0.2, -0.15) is 5.10 Å². The standard InChI is InChI=1S/C15H17N3O2/c1-10-3-5-11(6-4-10)18-8-7-13-12(9-18)14(15(19)20)16-17(13)2/h3-6H,7-9H2,1-2H3,(H,19,20). The Morgan fingerprint density at radius 3 is 2.65 bits per heavy atom. The van der Waals surface area contributed by atoms with Crippen LogP contribution in [0.5, 0.6) is 0 Å². The zero-order chi connectivity index (χ0) is 14.3. The Morgan fingerprint density at radius 2 is 2.00 bits per heavy atom. The molecule has 0 amide bonds. The molecule has 5 nitrogen and oxygen atoms in total. The third-order valence-corrected chi connectivity index (χ3v) is 3.84. The Bertz CT molecular complexity index is 659. The predicted molar refractivity (Wildman–Crippen MR) is 76.1 cm³/mol. The lowest BCUT2D eigenvalue weighted by Crippen LogP contribution is -2.31. The van der Waals surface area contributed by atoms with Crippen molar-refractivity contribution in [2.45, 2.75) is 19.9 Å². The molecule has 1 aliphatic rings. The van der Waals surface area contributed by atoms with Gasteiger partial charge in [-0.25, -0.2) is 4.79 Å². The minimum absolute atomic E-state index is 0.180. The smallest absolute Gasteiger partial charge is 0.356 e. The highest BCUT2D eigenvalue weighted by Crippen LogP contribution is 2.26. The molecule has 1 aromatic heterocycles. The molecule has 20 heavy (non-hydrogen) atoms. The van der Waals surface area contributed by atoms with Crippen molar-refractivity contribution in [1.29, 1.82) is 0 Å². The summed E-state index contributed by atoms with van der Waals surface area (Å²) in [5.41, 5.74) is 4.40. The molecule has 2 aromatic rings. The van der Waals surface area contributed by atoms with Gasteiger partial charge >= 0.3 is 5.97 Å². The lowest BCUT2D eigenvalue weighted by molar-refractivity contribution is 0.0688. The molecule has 1 aromatic carbocycles. The molecule has 0 unspecified atom stereocenters. The average molecular weight is 271 g/mol. The minimum atomic E-state index is -0.951. The van der Waals surface area contributed by atoms with E-state index in [1.165, 1.54) is 5.56 Å². The number of nitrogens with zero attached hydrogens (tertiary/aromatic N) is 3. The summed E-state index contributed by atoms with van der Waals surface area (Å²) in [4.78, 5) is 13.5. The van der Waals surface area contributed by atoms with Crippen LogP contribution in [0.1, 0.15) is 27.3 Å². The van der Waals surface area contributed by atoms with Crippen molar-refractivity contribution in [2.75, 3.05) is 11.4 Å². The number of carbonyl (C=O) groups is 1. The van der Waals surface area contributed by atoms with E-state index in [1.807, 2.05) is 7.05 Å². The number of carboxylic acids is 1. The first-order valence-corrected chi connectivity index (χ1v) is 6.66. The minimum Gasteiger partial charge on any atom is -0.476 e. The maximum Gasteiger partial charge on any atom is 0.356 e. The summed E-state index contributed by atoms with van der Waals surface area (Å²) >= 11 is 0. The fourth-order valence-electron chi connectivity index (χ4n) is 2.74. The zero-order valence-electron chi connectivity index (χ0n) is 11.6. The zero-order valence-corrected chi connectivity index (χ0v) is 11.6. The molecule has 0 radical (unpaired) electrons. The monoisotopic (exact) mass is 271 g/mol. The summed E-state index contributed by atoms with van der Waals surface area (Å²) in [7, 11) is 1.81. The summed E-state index contributed by atoms with van der Waals surface area (Å²) < 4.78 is 1.70. The first kappa shape index (κ1) is 12.7. The van der Waals surface area contributed by atoms with E-state index in [1.54, 1.807) is 4.68 Å². The van der Waals surface area contributed by atoms with Crippen LogP contribution in [-0.2, 0) is 20.0 Å². The lowest BCUT2D eigenvalue weighted by atomic mass is 10.0. The normalized spacial score (nSPS) is 14.2. The van der Waals surface area contributed by atoms with Crippen LogP contribution in [0.25, 0.3) is 0 Å². The van der Waals surface area contributed by atoms with Gasteiger partial charge in [0.15, 0.2) is 5.69 Å². The number of rotatable bonds is 2. The number of hydrogen-bond donors (Lipinski definition) is 1. The van der Waals surface area contributed by atoms with Crippen molar-refractivity contribution in [3.63, 3.8) is 0 Å². The Kier molecular flexibility index (Phi) is 2.97. The number of anilines is 1. The van der Waals surface area contributed by atoms with Crippen molar-refractivity contribution < 1.29 is 9.90 Å². The van der Waals surface area contributed by atoms with Crippen molar-refractivity contribution >= 4 is 11.7 Å². The maximum absolute atomic E-state index is 11.3. The third-order valence-electron chi connectivity index (χ3n) is 3.84. The predicted octanol–water partition coefficient (Wildman–Crippen LogP) is 1.99. The number of aryl methyl sites for hydroxylation is 2. The number of fused-ring (bicyclic) bond motifs is 1. The summed E-state index contributed by atoms with van der Waals surface area (Å²) in [6.07, 6.45) is 0.819. The molecule has 0 fully saturated rings. The topological polar surface area (TPSA) is 58.4 Å². The highest BCUT2D eigenvalue weighted by Gasteiger charge is 2.26. The van der Waals surface area contributed by atoms with E-state index >= 15 is 0 Å². The van der Waals surface area contributed by atoms with E-state index in [4.69, 9.17) is 0 Å². The molecule has 0 bridgehead atoms. The van der Waals surface area contributed by atoms with Gasteiger partial charge in [0.2, 0.25) is 0 Å². The second kappa shape index (κ2) is 4.67. The average Bonchev–Trinajstić information content (AvgIpc) is 2.77.